The van der Waals surface area contributed by atoms with Crippen molar-refractivity contribution in [2.24, 2.45) is 0 Å². The zero-order valence-corrected chi connectivity index (χ0v) is 17.6. The van der Waals surface area contributed by atoms with E-state index in [1.165, 1.54) is 0 Å². The molecule has 0 heterocycles. The van der Waals surface area contributed by atoms with Gasteiger partial charge in [0.1, 0.15) is 19.5 Å². The van der Waals surface area contributed by atoms with E-state index < -0.39 is 45.9 Å². The molecular weight excluding hydrogens is 289 g/mol. The van der Waals surface area contributed by atoms with Crippen LogP contribution < -0.4 is 0 Å². The Bertz CT molecular complexity index is 181. The third kappa shape index (κ3) is 8.08. The molecule has 0 unspecified atom stereocenters. The quantitative estimate of drug-likeness (QED) is 0.614. The third-order valence-electron chi connectivity index (χ3n) is 1.88. The lowest BCUT2D eigenvalue weighted by Crippen LogP contribution is -2.47. The fourth-order valence-electron chi connectivity index (χ4n) is 1.59. The first-order valence-corrected chi connectivity index (χ1v) is 17.6. The van der Waals surface area contributed by atoms with E-state index in [4.69, 9.17) is 16.5 Å². The summed E-state index contributed by atoms with van der Waals surface area (Å²) in [4.78, 5) is 0. The molecule has 0 saturated carbocycles. The molecule has 16 heavy (non-hydrogen) atoms. The van der Waals surface area contributed by atoms with Gasteiger partial charge in [0, 0.05) is 0 Å². The van der Waals surface area contributed by atoms with Crippen molar-refractivity contribution in [3.63, 3.8) is 0 Å². The van der Waals surface area contributed by atoms with Crippen LogP contribution in [0, 0.1) is 0 Å². The highest BCUT2D eigenvalue weighted by Crippen LogP contribution is 2.13. The second kappa shape index (κ2) is 7.38. The van der Waals surface area contributed by atoms with Gasteiger partial charge in [-0.2, -0.15) is 0 Å². The summed E-state index contributed by atoms with van der Waals surface area (Å²) in [5.74, 6) is 0. The van der Waals surface area contributed by atoms with Gasteiger partial charge in [-0.15, -0.1) is 0 Å². The summed E-state index contributed by atoms with van der Waals surface area (Å²) in [6, 6.07) is 0. The maximum Gasteiger partial charge on any atom is 0.312 e. The molecule has 0 radical (unpaired) electrons. The Kier molecular flexibility index (Phi) is 7.81. The highest BCUT2D eigenvalue weighted by Gasteiger charge is 2.32. The molecule has 0 saturated heterocycles. The van der Waals surface area contributed by atoms with E-state index in [2.05, 4.69) is 45.8 Å². The first-order valence-electron chi connectivity index (χ1n) is 5.86. The van der Waals surface area contributed by atoms with Crippen LogP contribution in [0.15, 0.2) is 0 Å². The van der Waals surface area contributed by atoms with Gasteiger partial charge < -0.3 is 16.5 Å². The van der Waals surface area contributed by atoms with Crippen LogP contribution in [0.3, 0.4) is 0 Å². The number of hydrogen-bond acceptors (Lipinski definition) is 4. The maximum atomic E-state index is 6.00. The third-order valence-corrected chi connectivity index (χ3v) is 17.0. The summed E-state index contributed by atoms with van der Waals surface area (Å²) in [6.07, 6.45) is 0. The Morgan fingerprint density at radius 3 is 1.38 bits per heavy atom. The summed E-state index contributed by atoms with van der Waals surface area (Å²) >= 11 is 0. The second-order valence-corrected chi connectivity index (χ2v) is 16.6. The van der Waals surface area contributed by atoms with Crippen LogP contribution in [0.4, 0.5) is 0 Å². The average molecular weight is 315 g/mol. The smallest absolute Gasteiger partial charge is 0.312 e. The summed E-state index contributed by atoms with van der Waals surface area (Å²) in [6.45, 7) is 14.7. The van der Waals surface area contributed by atoms with Crippen molar-refractivity contribution in [1.82, 2.24) is 0 Å². The van der Waals surface area contributed by atoms with Gasteiger partial charge in [0.2, 0.25) is 0 Å². The minimum atomic E-state index is -1.91. The molecule has 98 valence electrons. The van der Waals surface area contributed by atoms with Crippen LogP contribution in [-0.2, 0) is 16.5 Å². The van der Waals surface area contributed by atoms with Gasteiger partial charge in [-0.1, -0.05) is 13.1 Å². The summed E-state index contributed by atoms with van der Waals surface area (Å²) < 4.78 is 23.5. The Balaban J connectivity index is 4.11. The Labute approximate surface area is 108 Å². The lowest BCUT2D eigenvalue weighted by Gasteiger charge is -2.31. The highest BCUT2D eigenvalue weighted by atomic mass is 28.5. The monoisotopic (exact) mass is 314 g/mol. The average Bonchev–Trinajstić information content (AvgIpc) is 1.99. The van der Waals surface area contributed by atoms with Gasteiger partial charge in [-0.3, -0.25) is 0 Å². The van der Waals surface area contributed by atoms with Crippen LogP contribution >= 0.6 is 0 Å². The second-order valence-electron chi connectivity index (χ2n) is 4.47. The molecule has 0 aromatic rings. The van der Waals surface area contributed by atoms with Gasteiger partial charge in [0.05, 0.1) is 0 Å². The molecular formula is C7H26O4Si5. The predicted octanol–water partition coefficient (Wildman–Crippen LogP) is 0.570. The molecule has 0 amide bonds. The van der Waals surface area contributed by atoms with Crippen molar-refractivity contribution < 1.29 is 16.5 Å². The SMILES string of the molecule is C[SiH2]O[Si](C)(C)O[SiH](C)O[Si](C)(C)O[SiH2]C. The van der Waals surface area contributed by atoms with Gasteiger partial charge in [-0.25, -0.2) is 0 Å². The van der Waals surface area contributed by atoms with Crippen LogP contribution in [0.5, 0.6) is 0 Å². The summed E-state index contributed by atoms with van der Waals surface area (Å²) in [7, 11) is -6.21. The lowest BCUT2D eigenvalue weighted by atomic mass is 11.9. The van der Waals surface area contributed by atoms with E-state index in [0.717, 1.165) is 0 Å². The normalized spacial score (nSPS) is 16.7. The summed E-state index contributed by atoms with van der Waals surface area (Å²) in [5.41, 5.74) is 0. The van der Waals surface area contributed by atoms with Crippen molar-refractivity contribution in [3.05, 3.63) is 0 Å². The zero-order valence-electron chi connectivity index (χ0n) is 11.6. The highest BCUT2D eigenvalue weighted by molar-refractivity contribution is 6.79. The molecule has 0 bridgehead atoms. The van der Waals surface area contributed by atoms with Gasteiger partial charge in [-0.05, 0) is 32.7 Å². The Morgan fingerprint density at radius 1 is 0.812 bits per heavy atom. The van der Waals surface area contributed by atoms with Gasteiger partial charge in [0.25, 0.3) is 0 Å². The molecule has 0 N–H and O–H groups in total. The zero-order chi connectivity index (χ0) is 12.8. The Morgan fingerprint density at radius 2 is 1.12 bits per heavy atom. The molecule has 9 heteroatoms. The van der Waals surface area contributed by atoms with E-state index in [9.17, 15) is 0 Å². The largest absolute Gasteiger partial charge is 0.442 e. The molecule has 0 rings (SSSR count). The minimum absolute atomic E-state index is 0.394. The number of rotatable bonds is 8. The molecule has 0 aliphatic heterocycles. The van der Waals surface area contributed by atoms with Crippen LogP contribution in [-0.4, -0.2) is 45.9 Å². The van der Waals surface area contributed by atoms with E-state index in [-0.39, 0.29) is 0 Å². The maximum absolute atomic E-state index is 6.00. The van der Waals surface area contributed by atoms with Crippen LogP contribution in [0.25, 0.3) is 0 Å². The molecule has 0 aromatic heterocycles. The van der Waals surface area contributed by atoms with Crippen molar-refractivity contribution in [1.29, 1.82) is 0 Å². The van der Waals surface area contributed by atoms with Crippen molar-refractivity contribution in [2.45, 2.75) is 45.8 Å². The topological polar surface area (TPSA) is 36.9 Å². The minimum Gasteiger partial charge on any atom is -0.442 e. The summed E-state index contributed by atoms with van der Waals surface area (Å²) in [5, 5.41) is 0. The molecule has 0 aliphatic carbocycles. The van der Waals surface area contributed by atoms with Gasteiger partial charge >= 0.3 is 26.4 Å². The molecule has 0 spiro atoms. The van der Waals surface area contributed by atoms with Crippen molar-refractivity contribution >= 4 is 45.9 Å². The fourth-order valence-corrected chi connectivity index (χ4v) is 15.9. The van der Waals surface area contributed by atoms with E-state index in [1.54, 1.807) is 0 Å². The standard InChI is InChI=1S/C7H26O4Si5/c1-12-8-15(4,5)10-14(3)11-16(6,7)9-13-2/h14H,12-13H2,1-7H3. The van der Waals surface area contributed by atoms with E-state index in [0.29, 0.717) is 0 Å². The lowest BCUT2D eigenvalue weighted by molar-refractivity contribution is 0.330. The fraction of sp³-hybridized carbons (Fsp3) is 1.00. The molecule has 4 nitrogen and oxygen atoms in total. The number of hydrogen-bond donors (Lipinski definition) is 0. The first kappa shape index (κ1) is 16.9. The predicted molar refractivity (Wildman–Crippen MR) is 81.1 cm³/mol. The molecule has 0 aliphatic rings. The first-order chi connectivity index (χ1) is 7.22. The van der Waals surface area contributed by atoms with Crippen LogP contribution in [0.1, 0.15) is 0 Å². The molecule has 0 fully saturated rings. The van der Waals surface area contributed by atoms with Crippen LogP contribution in [0.2, 0.25) is 45.8 Å². The Hall–Kier alpha value is 0.924. The van der Waals surface area contributed by atoms with E-state index >= 15 is 0 Å². The van der Waals surface area contributed by atoms with Crippen molar-refractivity contribution in [2.75, 3.05) is 0 Å². The van der Waals surface area contributed by atoms with E-state index in [1.807, 2.05) is 0 Å². The van der Waals surface area contributed by atoms with Gasteiger partial charge in [0.15, 0.2) is 0 Å². The molecule has 0 aromatic carbocycles. The molecule has 0 atom stereocenters. The van der Waals surface area contributed by atoms with Crippen molar-refractivity contribution in [3.8, 4) is 0 Å².